The molecule has 0 aliphatic rings. The normalized spacial score (nSPS) is 13.1. The number of thioether (sulfide) groups is 1. The van der Waals surface area contributed by atoms with E-state index < -0.39 is 23.5 Å². The lowest BCUT2D eigenvalue weighted by molar-refractivity contribution is -0.143. The fraction of sp³-hybridized carbons (Fsp3) is 0.200. The Morgan fingerprint density at radius 1 is 1.11 bits per heavy atom. The summed E-state index contributed by atoms with van der Waals surface area (Å²) in [5.41, 5.74) is -2.50. The van der Waals surface area contributed by atoms with Crippen molar-refractivity contribution in [3.8, 4) is 0 Å². The summed E-state index contributed by atoms with van der Waals surface area (Å²) >= 11 is 2.23. The Morgan fingerprint density at radius 3 is 2.30 bits per heavy atom. The number of hydrogen-bond donors (Lipinski definition) is 1. The van der Waals surface area contributed by atoms with Gasteiger partial charge in [-0.3, -0.25) is 4.40 Å². The third kappa shape index (κ3) is 4.21. The Labute approximate surface area is 156 Å². The zero-order valence-electron chi connectivity index (χ0n) is 13.0. The number of aromatic nitrogens is 2. The number of imidazole rings is 1. The van der Waals surface area contributed by atoms with Crippen LogP contribution in [0.5, 0.6) is 0 Å². The first-order valence-electron chi connectivity index (χ1n) is 7.13. The minimum absolute atomic E-state index is 0.0879. The fourth-order valence-electron chi connectivity index (χ4n) is 2.32. The minimum atomic E-state index is -4.90. The van der Waals surface area contributed by atoms with Gasteiger partial charge in [-0.2, -0.15) is 26.3 Å². The third-order valence-corrected chi connectivity index (χ3v) is 5.28. The number of fused-ring (bicyclic) bond motifs is 1. The maximum Gasteiger partial charge on any atom is 0.416 e. The van der Waals surface area contributed by atoms with Crippen molar-refractivity contribution in [1.82, 2.24) is 9.38 Å². The molecule has 0 aliphatic carbocycles. The van der Waals surface area contributed by atoms with Gasteiger partial charge in [0.2, 0.25) is 0 Å². The number of hydrogen-bond acceptors (Lipinski definition) is 5. The van der Waals surface area contributed by atoms with E-state index >= 15 is 0 Å². The molecule has 0 fully saturated rings. The van der Waals surface area contributed by atoms with Crippen LogP contribution >= 0.6 is 23.1 Å². The van der Waals surface area contributed by atoms with Gasteiger partial charge >= 0.3 is 12.4 Å². The van der Waals surface area contributed by atoms with Crippen molar-refractivity contribution in [2.75, 3.05) is 0 Å². The van der Waals surface area contributed by atoms with Gasteiger partial charge in [0, 0.05) is 17.3 Å². The van der Waals surface area contributed by atoms with Crippen LogP contribution in [0.3, 0.4) is 0 Å². The Kier molecular flexibility index (Phi) is 5.12. The number of nitrogens with zero attached hydrogens (tertiary/aromatic N) is 3. The summed E-state index contributed by atoms with van der Waals surface area (Å²) in [5, 5.41) is 13.7. The molecule has 0 spiro atoms. The van der Waals surface area contributed by atoms with E-state index in [4.69, 9.17) is 5.21 Å². The van der Waals surface area contributed by atoms with Crippen LogP contribution in [0.2, 0.25) is 0 Å². The number of alkyl halides is 6. The average molecular weight is 425 g/mol. The largest absolute Gasteiger partial charge is 0.416 e. The second kappa shape index (κ2) is 7.08. The molecule has 3 rings (SSSR count). The highest BCUT2D eigenvalue weighted by molar-refractivity contribution is 7.98. The minimum Gasteiger partial charge on any atom is -0.411 e. The van der Waals surface area contributed by atoms with Gasteiger partial charge in [0.25, 0.3) is 0 Å². The van der Waals surface area contributed by atoms with Crippen LogP contribution in [0.1, 0.15) is 22.4 Å². The molecule has 12 heteroatoms. The molecule has 0 saturated carbocycles. The first-order valence-corrected chi connectivity index (χ1v) is 9.00. The number of halogens is 6. The van der Waals surface area contributed by atoms with Gasteiger partial charge in [-0.05, 0) is 23.8 Å². The van der Waals surface area contributed by atoms with Crippen LogP contribution in [-0.2, 0) is 18.1 Å². The van der Waals surface area contributed by atoms with Crippen molar-refractivity contribution in [3.05, 3.63) is 52.2 Å². The van der Waals surface area contributed by atoms with Gasteiger partial charge in [-0.25, -0.2) is 4.98 Å². The standard InChI is InChI=1S/C15H9F6N3OS2/c16-14(17,18)9-3-8(4-10(5-9)15(19,20)21)7-27-12-11(6-22-25)24-1-2-26-13(24)23-12/h1-6,25H,7H2/b22-6+. The second-order valence-electron chi connectivity index (χ2n) is 5.31. The highest BCUT2D eigenvalue weighted by Gasteiger charge is 2.36. The van der Waals surface area contributed by atoms with Crippen LogP contribution in [0.25, 0.3) is 4.96 Å². The fourth-order valence-corrected chi connectivity index (χ4v) is 4.01. The Morgan fingerprint density at radius 2 is 1.74 bits per heavy atom. The summed E-state index contributed by atoms with van der Waals surface area (Å²) in [5.74, 6) is -0.176. The highest BCUT2D eigenvalue weighted by Crippen LogP contribution is 2.37. The quantitative estimate of drug-likeness (QED) is 0.197. The maximum atomic E-state index is 12.9. The van der Waals surface area contributed by atoms with E-state index in [-0.39, 0.29) is 17.4 Å². The zero-order chi connectivity index (χ0) is 19.8. The van der Waals surface area contributed by atoms with Crippen molar-refractivity contribution in [3.63, 3.8) is 0 Å². The summed E-state index contributed by atoms with van der Waals surface area (Å²) in [6.45, 7) is 0. The molecule has 0 atom stereocenters. The van der Waals surface area contributed by atoms with E-state index in [2.05, 4.69) is 10.1 Å². The lowest BCUT2D eigenvalue weighted by Crippen LogP contribution is -2.11. The lowest BCUT2D eigenvalue weighted by Gasteiger charge is -2.14. The van der Waals surface area contributed by atoms with Crippen LogP contribution in [0.15, 0.2) is 40.0 Å². The van der Waals surface area contributed by atoms with Crippen molar-refractivity contribution >= 4 is 34.3 Å². The van der Waals surface area contributed by atoms with Crippen LogP contribution in [0.4, 0.5) is 26.3 Å². The van der Waals surface area contributed by atoms with E-state index in [1.54, 1.807) is 16.0 Å². The average Bonchev–Trinajstić information content (AvgIpc) is 3.14. The summed E-state index contributed by atoms with van der Waals surface area (Å²) < 4.78 is 79.2. The molecule has 0 aliphatic heterocycles. The molecule has 1 aromatic carbocycles. The lowest BCUT2D eigenvalue weighted by atomic mass is 10.1. The summed E-state index contributed by atoms with van der Waals surface area (Å²) in [6, 6.07) is 1.45. The van der Waals surface area contributed by atoms with Gasteiger partial charge in [0.1, 0.15) is 10.7 Å². The van der Waals surface area contributed by atoms with Gasteiger partial charge in [-0.1, -0.05) is 16.9 Å². The molecule has 3 aromatic rings. The molecule has 0 amide bonds. The number of thiazole rings is 1. The number of rotatable bonds is 4. The predicted molar refractivity (Wildman–Crippen MR) is 88.5 cm³/mol. The second-order valence-corrected chi connectivity index (χ2v) is 7.14. The van der Waals surface area contributed by atoms with Gasteiger partial charge in [0.15, 0.2) is 4.96 Å². The molecule has 27 heavy (non-hydrogen) atoms. The summed E-state index contributed by atoms with van der Waals surface area (Å²) in [7, 11) is 0. The predicted octanol–water partition coefficient (Wildman–Crippen LogP) is 5.53. The number of oxime groups is 1. The molecular formula is C15H9F6N3OS2. The monoisotopic (exact) mass is 425 g/mol. The van der Waals surface area contributed by atoms with Crippen LogP contribution < -0.4 is 0 Å². The molecule has 0 unspecified atom stereocenters. The molecule has 144 valence electrons. The van der Waals surface area contributed by atoms with E-state index in [1.807, 2.05) is 0 Å². The van der Waals surface area contributed by atoms with Gasteiger partial charge < -0.3 is 5.21 Å². The van der Waals surface area contributed by atoms with Crippen molar-refractivity contribution < 1.29 is 31.5 Å². The van der Waals surface area contributed by atoms with Crippen LogP contribution in [-0.4, -0.2) is 20.8 Å². The smallest absolute Gasteiger partial charge is 0.411 e. The highest BCUT2D eigenvalue weighted by atomic mass is 32.2. The molecule has 4 nitrogen and oxygen atoms in total. The molecule has 2 aromatic heterocycles. The SMILES string of the molecule is O/N=C/c1c(SCc2cc(C(F)(F)F)cc(C(F)(F)F)c2)nc2sccn12. The summed E-state index contributed by atoms with van der Waals surface area (Å²) in [4.78, 5) is 4.79. The third-order valence-electron chi connectivity index (χ3n) is 3.47. The molecule has 0 saturated heterocycles. The molecule has 0 radical (unpaired) electrons. The molecule has 1 N–H and O–H groups in total. The van der Waals surface area contributed by atoms with E-state index in [1.165, 1.54) is 11.3 Å². The van der Waals surface area contributed by atoms with Gasteiger partial charge in [-0.15, -0.1) is 11.3 Å². The van der Waals surface area contributed by atoms with Crippen molar-refractivity contribution in [1.29, 1.82) is 0 Å². The Balaban J connectivity index is 1.94. The maximum absolute atomic E-state index is 12.9. The van der Waals surface area contributed by atoms with Gasteiger partial charge in [0.05, 0.1) is 17.3 Å². The Hall–Kier alpha value is -2.21. The van der Waals surface area contributed by atoms with E-state index in [0.29, 0.717) is 27.8 Å². The zero-order valence-corrected chi connectivity index (χ0v) is 14.7. The van der Waals surface area contributed by atoms with Crippen molar-refractivity contribution in [2.24, 2.45) is 5.16 Å². The van der Waals surface area contributed by atoms with Crippen LogP contribution in [0, 0.1) is 0 Å². The van der Waals surface area contributed by atoms with E-state index in [0.717, 1.165) is 18.0 Å². The summed E-state index contributed by atoms with van der Waals surface area (Å²) in [6.07, 6.45) is -7.04. The van der Waals surface area contributed by atoms with Crippen molar-refractivity contribution in [2.45, 2.75) is 23.1 Å². The Bertz CT molecular complexity index is 957. The molecular weight excluding hydrogens is 416 g/mol. The molecule has 2 heterocycles. The topological polar surface area (TPSA) is 49.9 Å². The molecule has 0 bridgehead atoms. The first kappa shape index (κ1) is 19.5. The first-order chi connectivity index (χ1) is 12.6. The number of benzene rings is 1. The van der Waals surface area contributed by atoms with E-state index in [9.17, 15) is 26.3 Å².